The van der Waals surface area contributed by atoms with E-state index >= 15 is 0 Å². The molecule has 5 heteroatoms. The third-order valence-electron chi connectivity index (χ3n) is 4.04. The van der Waals surface area contributed by atoms with Gasteiger partial charge in [-0.15, -0.1) is 0 Å². The van der Waals surface area contributed by atoms with Crippen molar-refractivity contribution in [3.8, 4) is 0 Å². The third kappa shape index (κ3) is 5.47. The molecule has 1 saturated heterocycles. The Hall–Kier alpha value is -1.68. The number of benzene rings is 1. The van der Waals surface area contributed by atoms with Gasteiger partial charge in [0.2, 0.25) is 0 Å². The molecule has 1 fully saturated rings. The highest BCUT2D eigenvalue weighted by molar-refractivity contribution is 5.54. The van der Waals surface area contributed by atoms with E-state index in [-0.39, 0.29) is 11.9 Å². The van der Waals surface area contributed by atoms with E-state index < -0.39 is 0 Å². The van der Waals surface area contributed by atoms with Crippen LogP contribution in [0.2, 0.25) is 0 Å². The van der Waals surface area contributed by atoms with Crippen LogP contribution in [0.15, 0.2) is 30.0 Å². The molecule has 0 saturated carbocycles. The van der Waals surface area contributed by atoms with E-state index in [0.29, 0.717) is 18.2 Å². The van der Waals surface area contributed by atoms with Crippen molar-refractivity contribution in [1.29, 1.82) is 0 Å². The van der Waals surface area contributed by atoms with E-state index in [1.54, 1.807) is 12.1 Å². The maximum absolute atomic E-state index is 13.0. The van der Waals surface area contributed by atoms with Crippen LogP contribution in [0.4, 0.5) is 4.39 Å². The van der Waals surface area contributed by atoms with Crippen LogP contribution in [0.1, 0.15) is 25.8 Å². The Balaban J connectivity index is 1.99. The number of carbonyl (C=O) groups excluding carboxylic acids is 1. The van der Waals surface area contributed by atoms with Gasteiger partial charge in [0.1, 0.15) is 17.5 Å². The quantitative estimate of drug-likeness (QED) is 0.596. The molecule has 0 bridgehead atoms. The summed E-state index contributed by atoms with van der Waals surface area (Å²) in [7, 11) is 0. The summed E-state index contributed by atoms with van der Waals surface area (Å²) in [4.78, 5) is 13.5. The SMILES string of the molecule is CC(C)CNCCC1C(=C=O)NCCN1Cc1ccc(F)cc1. The molecule has 2 N–H and O–H groups in total. The van der Waals surface area contributed by atoms with Crippen LogP contribution in [0, 0.1) is 11.7 Å². The smallest absolute Gasteiger partial charge is 0.147 e. The van der Waals surface area contributed by atoms with Crippen LogP contribution in [-0.4, -0.2) is 43.1 Å². The van der Waals surface area contributed by atoms with E-state index in [0.717, 1.165) is 38.2 Å². The van der Waals surface area contributed by atoms with Gasteiger partial charge in [0, 0.05) is 19.6 Å². The first-order valence-electron chi connectivity index (χ1n) is 8.28. The van der Waals surface area contributed by atoms with Crippen LogP contribution in [0.3, 0.4) is 0 Å². The number of nitrogens with zero attached hydrogens (tertiary/aromatic N) is 1. The molecule has 1 aliphatic heterocycles. The topological polar surface area (TPSA) is 44.4 Å². The molecule has 0 radical (unpaired) electrons. The molecule has 0 aromatic heterocycles. The minimum Gasteiger partial charge on any atom is -0.377 e. The van der Waals surface area contributed by atoms with Gasteiger partial charge in [0.05, 0.1) is 6.04 Å². The lowest BCUT2D eigenvalue weighted by molar-refractivity contribution is 0.174. The van der Waals surface area contributed by atoms with E-state index in [9.17, 15) is 9.18 Å². The van der Waals surface area contributed by atoms with Gasteiger partial charge in [-0.25, -0.2) is 9.18 Å². The zero-order chi connectivity index (χ0) is 16.7. The molecule has 0 amide bonds. The first-order chi connectivity index (χ1) is 11.1. The van der Waals surface area contributed by atoms with E-state index in [2.05, 4.69) is 35.3 Å². The largest absolute Gasteiger partial charge is 0.377 e. The van der Waals surface area contributed by atoms with Gasteiger partial charge in [-0.1, -0.05) is 26.0 Å². The van der Waals surface area contributed by atoms with Crippen molar-refractivity contribution in [2.45, 2.75) is 32.9 Å². The van der Waals surface area contributed by atoms with Gasteiger partial charge >= 0.3 is 0 Å². The lowest BCUT2D eigenvalue weighted by atomic mass is 10.0. The maximum atomic E-state index is 13.0. The summed E-state index contributed by atoms with van der Waals surface area (Å²) < 4.78 is 13.0. The van der Waals surface area contributed by atoms with Gasteiger partial charge < -0.3 is 10.6 Å². The summed E-state index contributed by atoms with van der Waals surface area (Å²) in [5, 5.41) is 6.58. The molecular formula is C18H26FN3O. The fraction of sp³-hybridized carbons (Fsp3) is 0.556. The van der Waals surface area contributed by atoms with Crippen LogP contribution in [0.5, 0.6) is 0 Å². The number of piperazine rings is 1. The molecule has 1 aliphatic rings. The van der Waals surface area contributed by atoms with E-state index in [4.69, 9.17) is 0 Å². The van der Waals surface area contributed by atoms with Gasteiger partial charge in [-0.3, -0.25) is 4.90 Å². The first-order valence-corrected chi connectivity index (χ1v) is 8.28. The summed E-state index contributed by atoms with van der Waals surface area (Å²) in [6.45, 7) is 8.48. The van der Waals surface area contributed by atoms with Crippen molar-refractivity contribution in [3.05, 3.63) is 41.3 Å². The Labute approximate surface area is 137 Å². The molecule has 1 unspecified atom stereocenters. The molecule has 126 valence electrons. The first kappa shape index (κ1) is 17.7. The van der Waals surface area contributed by atoms with Crippen LogP contribution in [-0.2, 0) is 11.3 Å². The van der Waals surface area contributed by atoms with Crippen molar-refractivity contribution in [3.63, 3.8) is 0 Å². The van der Waals surface area contributed by atoms with Gasteiger partial charge in [0.25, 0.3) is 0 Å². The van der Waals surface area contributed by atoms with Gasteiger partial charge in [0.15, 0.2) is 0 Å². The van der Waals surface area contributed by atoms with Crippen LogP contribution < -0.4 is 10.6 Å². The van der Waals surface area contributed by atoms with Crippen LogP contribution >= 0.6 is 0 Å². The fourth-order valence-corrected chi connectivity index (χ4v) is 2.86. The Morgan fingerprint density at radius 1 is 1.39 bits per heavy atom. The molecular weight excluding hydrogens is 293 g/mol. The number of nitrogens with one attached hydrogen (secondary N) is 2. The summed E-state index contributed by atoms with van der Waals surface area (Å²) in [5.41, 5.74) is 1.68. The van der Waals surface area contributed by atoms with Crippen LogP contribution in [0.25, 0.3) is 0 Å². The summed E-state index contributed by atoms with van der Waals surface area (Å²) in [6, 6.07) is 6.59. The predicted molar refractivity (Wildman–Crippen MR) is 90.1 cm³/mol. The molecule has 1 atom stereocenters. The summed E-state index contributed by atoms with van der Waals surface area (Å²) >= 11 is 0. The normalized spacial score (nSPS) is 18.8. The molecule has 0 aliphatic carbocycles. The zero-order valence-corrected chi connectivity index (χ0v) is 13.9. The highest BCUT2D eigenvalue weighted by atomic mass is 19.1. The standard InChI is InChI=1S/C18H26FN3O/c1-14(2)11-20-8-7-18-17(13-23)21-9-10-22(18)12-15-3-5-16(19)6-4-15/h3-6,14,18,20-21H,7-12H2,1-2H3. The molecule has 23 heavy (non-hydrogen) atoms. The average Bonchev–Trinajstić information content (AvgIpc) is 2.54. The molecule has 1 aromatic rings. The Kier molecular flexibility index (Phi) is 6.78. The fourth-order valence-electron chi connectivity index (χ4n) is 2.86. The molecule has 4 nitrogen and oxygen atoms in total. The Morgan fingerprint density at radius 3 is 2.78 bits per heavy atom. The van der Waals surface area contributed by atoms with Gasteiger partial charge in [-0.05, 0) is 43.1 Å². The second kappa shape index (κ2) is 8.82. The lowest BCUT2D eigenvalue weighted by Crippen LogP contribution is -2.50. The molecule has 2 rings (SSSR count). The van der Waals surface area contributed by atoms with Crippen molar-refractivity contribution in [2.24, 2.45) is 5.92 Å². The zero-order valence-electron chi connectivity index (χ0n) is 13.9. The van der Waals surface area contributed by atoms with E-state index in [1.165, 1.54) is 12.1 Å². The summed E-state index contributed by atoms with van der Waals surface area (Å²) in [6.07, 6.45) is 0.853. The average molecular weight is 319 g/mol. The van der Waals surface area contributed by atoms with Crippen molar-refractivity contribution in [2.75, 3.05) is 26.2 Å². The van der Waals surface area contributed by atoms with Crippen molar-refractivity contribution in [1.82, 2.24) is 15.5 Å². The monoisotopic (exact) mass is 319 g/mol. The number of rotatable bonds is 7. The number of hydrogen-bond acceptors (Lipinski definition) is 4. The second-order valence-corrected chi connectivity index (χ2v) is 6.44. The molecule has 1 aromatic carbocycles. The minimum absolute atomic E-state index is 0.0333. The third-order valence-corrected chi connectivity index (χ3v) is 4.04. The van der Waals surface area contributed by atoms with Gasteiger partial charge in [-0.2, -0.15) is 0 Å². The summed E-state index contributed by atoms with van der Waals surface area (Å²) in [5.74, 6) is 2.44. The Morgan fingerprint density at radius 2 is 2.13 bits per heavy atom. The minimum atomic E-state index is -0.225. The van der Waals surface area contributed by atoms with Crippen molar-refractivity contribution >= 4 is 5.94 Å². The Bertz CT molecular complexity index is 538. The highest BCUT2D eigenvalue weighted by Crippen LogP contribution is 2.18. The second-order valence-electron chi connectivity index (χ2n) is 6.44. The highest BCUT2D eigenvalue weighted by Gasteiger charge is 2.27. The van der Waals surface area contributed by atoms with Crippen molar-refractivity contribution < 1.29 is 9.18 Å². The number of halogens is 1. The molecule has 1 heterocycles. The number of hydrogen-bond donors (Lipinski definition) is 2. The molecule has 0 spiro atoms. The van der Waals surface area contributed by atoms with E-state index in [1.807, 2.05) is 0 Å². The predicted octanol–water partition coefficient (Wildman–Crippen LogP) is 1.95. The maximum Gasteiger partial charge on any atom is 0.147 e. The lowest BCUT2D eigenvalue weighted by Gasteiger charge is -2.37.